The van der Waals surface area contributed by atoms with E-state index >= 15 is 4.39 Å². The summed E-state index contributed by atoms with van der Waals surface area (Å²) in [5.74, 6) is -12.8. The van der Waals surface area contributed by atoms with Gasteiger partial charge >= 0.3 is 0 Å². The topological polar surface area (TPSA) is 187 Å². The summed E-state index contributed by atoms with van der Waals surface area (Å²) in [6.45, 7) is 2.60. The predicted octanol–water partition coefficient (Wildman–Crippen LogP) is -1.28. The highest BCUT2D eigenvalue weighted by molar-refractivity contribution is 6.32. The van der Waals surface area contributed by atoms with Crippen LogP contribution in [0.25, 0.3) is 0 Å². The minimum absolute atomic E-state index is 0.0630. The fraction of sp³-hybridized carbons (Fsp3) is 0.571. The van der Waals surface area contributed by atoms with Crippen molar-refractivity contribution in [2.75, 3.05) is 27.2 Å². The fourth-order valence-electron chi connectivity index (χ4n) is 7.45. The molecule has 4 aliphatic rings. The first-order valence-corrected chi connectivity index (χ1v) is 13.6. The van der Waals surface area contributed by atoms with Crippen LogP contribution in [0.3, 0.4) is 0 Å². The second kappa shape index (κ2) is 10.1. The van der Waals surface area contributed by atoms with Gasteiger partial charge in [0.25, 0.3) is 0 Å². The smallest absolute Gasteiger partial charge is 0.235 e. The molecule has 1 heterocycles. The average Bonchev–Trinajstić information content (AvgIpc) is 3.29. The lowest BCUT2D eigenvalue weighted by Crippen LogP contribution is -2.74. The van der Waals surface area contributed by atoms with Gasteiger partial charge in [-0.2, -0.15) is 0 Å². The van der Waals surface area contributed by atoms with Gasteiger partial charge in [-0.25, -0.2) is 4.39 Å². The Kier molecular flexibility index (Phi) is 7.11. The SMILES string of the molecule is CC(=O)N[C@H]1CCN(Cc2cc(O)c3c(c2F)C[C@H]2C[C@H]4[C@H](N(C)C)C(=O)C(C(N)=O)C(=O)[C@@]4(O)C(=O)C2C3=O)C1. The number of ketones is 4. The molecule has 7 atom stereocenters. The molecule has 3 fully saturated rings. The Hall–Kier alpha value is -3.55. The highest BCUT2D eigenvalue weighted by atomic mass is 19.1. The van der Waals surface area contributed by atoms with E-state index in [0.717, 1.165) is 6.07 Å². The van der Waals surface area contributed by atoms with Crippen molar-refractivity contribution in [3.05, 3.63) is 28.6 Å². The van der Waals surface area contributed by atoms with Crippen molar-refractivity contribution < 1.29 is 43.4 Å². The van der Waals surface area contributed by atoms with Crippen molar-refractivity contribution in [1.82, 2.24) is 15.1 Å². The number of benzene rings is 1. The minimum Gasteiger partial charge on any atom is -0.507 e. The number of carbonyl (C=O) groups excluding carboxylic acids is 6. The van der Waals surface area contributed by atoms with Crippen LogP contribution in [-0.4, -0.2) is 99.8 Å². The zero-order valence-corrected chi connectivity index (χ0v) is 23.0. The fourth-order valence-corrected chi connectivity index (χ4v) is 7.45. The maximum absolute atomic E-state index is 15.9. The van der Waals surface area contributed by atoms with Gasteiger partial charge in [0.1, 0.15) is 11.6 Å². The second-order valence-electron chi connectivity index (χ2n) is 11.9. The maximum atomic E-state index is 15.9. The van der Waals surface area contributed by atoms with Crippen LogP contribution >= 0.6 is 0 Å². The number of phenolic OH excluding ortho intramolecular Hbond substituents is 1. The third kappa shape index (κ3) is 4.37. The summed E-state index contributed by atoms with van der Waals surface area (Å²) in [5, 5.41) is 25.3. The molecule has 2 unspecified atom stereocenters. The normalized spacial score (nSPS) is 33.4. The van der Waals surface area contributed by atoms with Crippen LogP contribution in [0.1, 0.15) is 41.3 Å². The number of likely N-dealkylation sites (N-methyl/N-ethyl adjacent to an activating group) is 1. The number of aromatic hydroxyl groups is 1. The first-order chi connectivity index (χ1) is 19.2. The predicted molar refractivity (Wildman–Crippen MR) is 139 cm³/mol. The lowest BCUT2D eigenvalue weighted by Gasteiger charge is -2.52. The van der Waals surface area contributed by atoms with Crippen LogP contribution in [0.2, 0.25) is 0 Å². The van der Waals surface area contributed by atoms with Gasteiger partial charge < -0.3 is 21.3 Å². The van der Waals surface area contributed by atoms with E-state index in [2.05, 4.69) is 5.32 Å². The molecule has 2 saturated carbocycles. The Morgan fingerprint density at radius 3 is 2.51 bits per heavy atom. The van der Waals surface area contributed by atoms with Gasteiger partial charge in [0, 0.05) is 49.6 Å². The van der Waals surface area contributed by atoms with Crippen molar-refractivity contribution >= 4 is 34.9 Å². The molecule has 0 radical (unpaired) electrons. The molecule has 0 aromatic heterocycles. The third-order valence-corrected chi connectivity index (χ3v) is 9.14. The Bertz CT molecular complexity index is 1400. The van der Waals surface area contributed by atoms with Crippen molar-refractivity contribution in [3.63, 3.8) is 0 Å². The summed E-state index contributed by atoms with van der Waals surface area (Å²) >= 11 is 0. The number of nitrogens with two attached hydrogens (primary N) is 1. The lowest BCUT2D eigenvalue weighted by molar-refractivity contribution is -0.181. The summed E-state index contributed by atoms with van der Waals surface area (Å²) < 4.78 is 15.9. The molecule has 0 bridgehead atoms. The highest BCUT2D eigenvalue weighted by Crippen LogP contribution is 2.51. The van der Waals surface area contributed by atoms with E-state index in [-0.39, 0.29) is 48.0 Å². The van der Waals surface area contributed by atoms with Gasteiger partial charge in [0.2, 0.25) is 11.8 Å². The molecule has 12 nitrogen and oxygen atoms in total. The Balaban J connectivity index is 1.50. The Labute approximate surface area is 235 Å². The lowest BCUT2D eigenvalue weighted by atomic mass is 9.52. The molecule has 5 rings (SSSR count). The number of rotatable bonds is 5. The van der Waals surface area contributed by atoms with Crippen molar-refractivity contribution in [1.29, 1.82) is 0 Å². The van der Waals surface area contributed by atoms with Crippen LogP contribution < -0.4 is 11.1 Å². The first kappa shape index (κ1) is 29.0. The number of nitrogens with zero attached hydrogens (tertiary/aromatic N) is 2. The number of phenols is 1. The van der Waals surface area contributed by atoms with Crippen LogP contribution in [-0.2, 0) is 36.9 Å². The third-order valence-electron chi connectivity index (χ3n) is 9.14. The van der Waals surface area contributed by atoms with Gasteiger partial charge in [-0.3, -0.25) is 38.6 Å². The van der Waals surface area contributed by atoms with Crippen molar-refractivity contribution in [3.8, 4) is 5.75 Å². The number of hydrogen-bond donors (Lipinski definition) is 4. The van der Waals surface area contributed by atoms with Gasteiger partial charge in [-0.05, 0) is 45.3 Å². The highest BCUT2D eigenvalue weighted by Gasteiger charge is 2.69. The average molecular weight is 573 g/mol. The van der Waals surface area contributed by atoms with E-state index in [1.165, 1.54) is 25.9 Å². The Morgan fingerprint density at radius 2 is 1.90 bits per heavy atom. The van der Waals surface area contributed by atoms with Crippen LogP contribution in [0.5, 0.6) is 5.75 Å². The number of hydrogen-bond acceptors (Lipinski definition) is 10. The number of likely N-dealkylation sites (tertiary alicyclic amines) is 1. The van der Waals surface area contributed by atoms with E-state index in [1.54, 1.807) is 0 Å². The quantitative estimate of drug-likeness (QED) is 0.309. The number of carbonyl (C=O) groups is 6. The number of halogens is 1. The van der Waals surface area contributed by atoms with Gasteiger partial charge in [0.05, 0.1) is 17.5 Å². The monoisotopic (exact) mass is 572 g/mol. The summed E-state index contributed by atoms with van der Waals surface area (Å²) in [6.07, 6.45) is 0.375. The molecular weight excluding hydrogens is 539 g/mol. The molecule has 13 heteroatoms. The molecule has 1 aromatic carbocycles. The molecule has 5 N–H and O–H groups in total. The summed E-state index contributed by atoms with van der Waals surface area (Å²) in [5.41, 5.74) is 2.19. The number of fused-ring (bicyclic) bond motifs is 3. The van der Waals surface area contributed by atoms with E-state index < -0.39 is 75.9 Å². The van der Waals surface area contributed by atoms with E-state index in [0.29, 0.717) is 19.5 Å². The standard InChI is InChI=1S/C28H33FN4O8/c1-11(34)31-14-4-5-33(10-14)9-13-8-17(35)19-15(21(13)29)6-12-7-16-22(32(2)3)24(37)20(27(30)40)26(39)28(16,41)25(38)18(12)23(19)36/h8,12,14,16,18,20,22,35,41H,4-7,9-10H2,1-3H3,(H2,30,40)(H,31,34)/t12-,14-,16-,18?,20?,22-,28-/m0/s1. The molecule has 1 aliphatic heterocycles. The van der Waals surface area contributed by atoms with Crippen LogP contribution in [0.15, 0.2) is 6.07 Å². The summed E-state index contributed by atoms with van der Waals surface area (Å²) in [6, 6.07) is -0.179. The van der Waals surface area contributed by atoms with Crippen LogP contribution in [0.4, 0.5) is 4.39 Å². The van der Waals surface area contributed by atoms with Gasteiger partial charge in [-0.15, -0.1) is 0 Å². The summed E-state index contributed by atoms with van der Waals surface area (Å²) in [4.78, 5) is 80.7. The number of primary amides is 1. The molecular formula is C28H33FN4O8. The van der Waals surface area contributed by atoms with Crippen molar-refractivity contribution in [2.45, 2.75) is 50.4 Å². The molecule has 2 amide bonds. The molecule has 1 aromatic rings. The summed E-state index contributed by atoms with van der Waals surface area (Å²) in [7, 11) is 2.99. The van der Waals surface area contributed by atoms with E-state index in [4.69, 9.17) is 5.73 Å². The largest absolute Gasteiger partial charge is 0.507 e. The molecule has 41 heavy (non-hydrogen) atoms. The second-order valence-corrected chi connectivity index (χ2v) is 11.9. The zero-order valence-electron chi connectivity index (χ0n) is 23.0. The number of aliphatic hydroxyl groups is 1. The van der Waals surface area contributed by atoms with E-state index in [9.17, 15) is 39.0 Å². The number of nitrogens with one attached hydrogen (secondary N) is 1. The number of amides is 2. The van der Waals surface area contributed by atoms with Gasteiger partial charge in [-0.1, -0.05) is 0 Å². The van der Waals surface area contributed by atoms with Gasteiger partial charge in [0.15, 0.2) is 34.7 Å². The minimum atomic E-state index is -2.83. The van der Waals surface area contributed by atoms with E-state index in [1.807, 2.05) is 4.90 Å². The molecule has 0 spiro atoms. The van der Waals surface area contributed by atoms with Crippen LogP contribution in [0, 0.1) is 29.5 Å². The van der Waals surface area contributed by atoms with Crippen molar-refractivity contribution in [2.24, 2.45) is 29.4 Å². The maximum Gasteiger partial charge on any atom is 0.235 e. The molecule has 1 saturated heterocycles. The molecule has 220 valence electrons. The first-order valence-electron chi connectivity index (χ1n) is 13.6. The zero-order chi connectivity index (χ0) is 30.1. The molecule has 3 aliphatic carbocycles. The Morgan fingerprint density at radius 1 is 1.22 bits per heavy atom. The number of Topliss-reactive ketones (excluding diaryl/α,β-unsaturated/α-hetero) is 4.